The molecule has 4 aliphatic rings. The third-order valence-corrected chi connectivity index (χ3v) is 13.9. The van der Waals surface area contributed by atoms with Crippen LogP contribution < -0.4 is 10.6 Å². The van der Waals surface area contributed by atoms with Gasteiger partial charge < -0.3 is 15.4 Å². The number of ether oxygens (including phenoxy) is 1. The summed E-state index contributed by atoms with van der Waals surface area (Å²) in [5.41, 5.74) is 2.75. The van der Waals surface area contributed by atoms with Crippen molar-refractivity contribution in [3.05, 3.63) is 12.2 Å². The van der Waals surface area contributed by atoms with Crippen molar-refractivity contribution < 1.29 is 4.74 Å². The first-order valence-electron chi connectivity index (χ1n) is 18.9. The van der Waals surface area contributed by atoms with E-state index in [2.05, 4.69) is 51.8 Å². The summed E-state index contributed by atoms with van der Waals surface area (Å²) in [6.45, 7) is 21.9. The summed E-state index contributed by atoms with van der Waals surface area (Å²) in [6.07, 6.45) is 24.0. The van der Waals surface area contributed by atoms with Crippen LogP contribution in [0.2, 0.25) is 0 Å². The van der Waals surface area contributed by atoms with Crippen molar-refractivity contribution in [2.75, 3.05) is 33.3 Å². The first kappa shape index (κ1) is 34.5. The van der Waals surface area contributed by atoms with Crippen molar-refractivity contribution in [1.82, 2.24) is 10.6 Å². The third kappa shape index (κ3) is 8.06. The van der Waals surface area contributed by atoms with Gasteiger partial charge in [-0.15, -0.1) is 0 Å². The van der Waals surface area contributed by atoms with Gasteiger partial charge in [-0.3, -0.25) is 0 Å². The fraction of sp³-hybridized carbons (Fsp3) is 0.949. The number of unbranched alkanes of at least 4 members (excludes halogenated alkanes) is 2. The Morgan fingerprint density at radius 2 is 1.48 bits per heavy atom. The van der Waals surface area contributed by atoms with Gasteiger partial charge in [-0.1, -0.05) is 46.3 Å². The number of allylic oxidation sites excluding steroid dienone is 1. The number of fused-ring (bicyclic) bond motifs is 5. The van der Waals surface area contributed by atoms with E-state index in [-0.39, 0.29) is 0 Å². The van der Waals surface area contributed by atoms with Gasteiger partial charge in [0, 0.05) is 7.11 Å². The molecule has 0 aromatic rings. The summed E-state index contributed by atoms with van der Waals surface area (Å²) in [5, 5.41) is 7.26. The monoisotopic (exact) mass is 585 g/mol. The van der Waals surface area contributed by atoms with Crippen LogP contribution in [0, 0.1) is 52.3 Å². The van der Waals surface area contributed by atoms with Crippen molar-refractivity contribution in [3.63, 3.8) is 0 Å². The van der Waals surface area contributed by atoms with Gasteiger partial charge >= 0.3 is 0 Å². The molecule has 4 saturated carbocycles. The predicted octanol–water partition coefficient (Wildman–Crippen LogP) is 9.81. The molecule has 4 rings (SSSR count). The highest BCUT2D eigenvalue weighted by atomic mass is 16.5. The first-order chi connectivity index (χ1) is 20.2. The normalized spacial score (nSPS) is 37.5. The molecule has 0 aromatic heterocycles. The second-order valence-electron chi connectivity index (χ2n) is 16.3. The van der Waals surface area contributed by atoms with Crippen molar-refractivity contribution in [3.8, 4) is 0 Å². The molecule has 4 fully saturated rings. The summed E-state index contributed by atoms with van der Waals surface area (Å²) >= 11 is 0. The molecule has 0 saturated heterocycles. The maximum atomic E-state index is 5.59. The standard InChI is InChI=1S/C39H72N2O/c1-8-9-24-40-25-10-11-26-41-27-12-13-29(2)32-20-22-38(5)33(28-32)16-17-34-36-19-18-35(30(3)14-15-31(4)42-7)39(36,6)23-21-37(34)38/h30-37,40-41H,2,8-28H2,1,3-7H3/t30?,31?,32?,33?,34?,35?,36?,37-,38?,39?/m0/s1. The molecule has 0 bridgehead atoms. The Labute approximate surface area is 262 Å². The molecule has 2 N–H and O–H groups in total. The summed E-state index contributed by atoms with van der Waals surface area (Å²) in [6, 6.07) is 0. The first-order valence-corrected chi connectivity index (χ1v) is 18.9. The Kier molecular flexibility index (Phi) is 13.4. The third-order valence-electron chi connectivity index (χ3n) is 13.9. The molecule has 0 aliphatic heterocycles. The predicted molar refractivity (Wildman–Crippen MR) is 182 cm³/mol. The fourth-order valence-corrected chi connectivity index (χ4v) is 11.1. The van der Waals surface area contributed by atoms with Gasteiger partial charge in [-0.2, -0.15) is 0 Å². The zero-order chi connectivity index (χ0) is 30.2. The highest BCUT2D eigenvalue weighted by Crippen LogP contribution is 2.69. The van der Waals surface area contributed by atoms with E-state index in [0.717, 1.165) is 48.0 Å². The average Bonchev–Trinajstić information content (AvgIpc) is 3.35. The van der Waals surface area contributed by atoms with Crippen LogP contribution in [0.25, 0.3) is 0 Å². The molecule has 244 valence electrons. The molecule has 3 nitrogen and oxygen atoms in total. The van der Waals surface area contributed by atoms with Crippen LogP contribution >= 0.6 is 0 Å². The van der Waals surface area contributed by atoms with Crippen LogP contribution in [0.5, 0.6) is 0 Å². The summed E-state index contributed by atoms with van der Waals surface area (Å²) < 4.78 is 5.59. The highest BCUT2D eigenvalue weighted by Gasteiger charge is 2.60. The summed E-state index contributed by atoms with van der Waals surface area (Å²) in [4.78, 5) is 0. The molecule has 0 aromatic carbocycles. The Morgan fingerprint density at radius 1 is 0.810 bits per heavy atom. The van der Waals surface area contributed by atoms with E-state index in [4.69, 9.17) is 4.74 Å². The minimum atomic E-state index is 0.406. The molecule has 0 spiro atoms. The fourth-order valence-electron chi connectivity index (χ4n) is 11.1. The molecular formula is C39H72N2O. The minimum Gasteiger partial charge on any atom is -0.382 e. The Hall–Kier alpha value is -0.380. The number of methoxy groups -OCH3 is 1. The van der Waals surface area contributed by atoms with E-state index < -0.39 is 0 Å². The van der Waals surface area contributed by atoms with E-state index in [1.165, 1.54) is 129 Å². The van der Waals surface area contributed by atoms with Crippen molar-refractivity contribution >= 4 is 0 Å². The number of hydrogen-bond acceptors (Lipinski definition) is 3. The summed E-state index contributed by atoms with van der Waals surface area (Å²) in [7, 11) is 1.87. The van der Waals surface area contributed by atoms with Crippen molar-refractivity contribution in [2.45, 2.75) is 150 Å². The van der Waals surface area contributed by atoms with Crippen molar-refractivity contribution in [1.29, 1.82) is 0 Å². The second kappa shape index (κ2) is 16.3. The molecule has 3 heteroatoms. The van der Waals surface area contributed by atoms with Crippen LogP contribution in [0.4, 0.5) is 0 Å². The van der Waals surface area contributed by atoms with Gasteiger partial charge in [0.2, 0.25) is 0 Å². The number of rotatable bonds is 18. The van der Waals surface area contributed by atoms with Crippen LogP contribution in [-0.2, 0) is 4.74 Å². The largest absolute Gasteiger partial charge is 0.382 e. The van der Waals surface area contributed by atoms with Gasteiger partial charge in [0.05, 0.1) is 6.10 Å². The molecule has 4 aliphatic carbocycles. The van der Waals surface area contributed by atoms with Gasteiger partial charge in [0.15, 0.2) is 0 Å². The minimum absolute atomic E-state index is 0.406. The van der Waals surface area contributed by atoms with Crippen molar-refractivity contribution in [2.24, 2.45) is 52.3 Å². The number of nitrogens with one attached hydrogen (secondary N) is 2. The summed E-state index contributed by atoms with van der Waals surface area (Å²) in [5.74, 6) is 6.46. The van der Waals surface area contributed by atoms with E-state index in [1.54, 1.807) is 5.57 Å². The molecule has 10 atom stereocenters. The molecule has 0 amide bonds. The Bertz CT molecular complexity index is 812. The number of hydrogen-bond donors (Lipinski definition) is 2. The van der Waals surface area contributed by atoms with Gasteiger partial charge in [0.25, 0.3) is 0 Å². The van der Waals surface area contributed by atoms with Gasteiger partial charge in [-0.25, -0.2) is 0 Å². The van der Waals surface area contributed by atoms with E-state index >= 15 is 0 Å². The molecular weight excluding hydrogens is 512 g/mol. The maximum Gasteiger partial charge on any atom is 0.0543 e. The lowest BCUT2D eigenvalue weighted by Crippen LogP contribution is -2.53. The van der Waals surface area contributed by atoms with Gasteiger partial charge in [0.1, 0.15) is 0 Å². The lowest BCUT2D eigenvalue weighted by atomic mass is 9.43. The lowest BCUT2D eigenvalue weighted by Gasteiger charge is -2.61. The average molecular weight is 585 g/mol. The van der Waals surface area contributed by atoms with E-state index in [1.807, 2.05) is 7.11 Å². The van der Waals surface area contributed by atoms with E-state index in [9.17, 15) is 0 Å². The van der Waals surface area contributed by atoms with Crippen LogP contribution in [0.3, 0.4) is 0 Å². The highest BCUT2D eigenvalue weighted by molar-refractivity contribution is 5.12. The van der Waals surface area contributed by atoms with Crippen LogP contribution in [0.15, 0.2) is 12.2 Å². The SMILES string of the molecule is C=C(CCCNCCCCNCCCC)C1CCC2(C)C(CCC3C4CCC(C(C)CCC(C)OC)C4(C)CC[C@@H]32)C1. The zero-order valence-electron chi connectivity index (χ0n) is 29.1. The topological polar surface area (TPSA) is 33.3 Å². The Morgan fingerprint density at radius 3 is 2.19 bits per heavy atom. The lowest BCUT2D eigenvalue weighted by molar-refractivity contribution is -0.119. The van der Waals surface area contributed by atoms with E-state index in [0.29, 0.717) is 16.9 Å². The molecule has 0 radical (unpaired) electrons. The van der Waals surface area contributed by atoms with Gasteiger partial charge in [-0.05, 0) is 188 Å². The molecule has 0 heterocycles. The smallest absolute Gasteiger partial charge is 0.0543 e. The molecule has 42 heavy (non-hydrogen) atoms. The molecule has 9 unspecified atom stereocenters. The van der Waals surface area contributed by atoms with Crippen LogP contribution in [-0.4, -0.2) is 39.4 Å². The second-order valence-corrected chi connectivity index (χ2v) is 16.3. The maximum absolute atomic E-state index is 5.59. The quantitative estimate of drug-likeness (QED) is 0.124. The Balaban J connectivity index is 1.19. The zero-order valence-corrected chi connectivity index (χ0v) is 29.1. The van der Waals surface area contributed by atoms with Crippen LogP contribution in [0.1, 0.15) is 144 Å².